The molecule has 2 rings (SSSR count). The molecule has 0 fully saturated rings. The molecular weight excluding hydrogens is 515 g/mol. The second-order valence-corrected chi connectivity index (χ2v) is 9.84. The van der Waals surface area contributed by atoms with E-state index in [-0.39, 0.29) is 24.0 Å². The Hall–Kier alpha value is -0.850. The van der Waals surface area contributed by atoms with Gasteiger partial charge in [0.2, 0.25) is 0 Å². The zero-order chi connectivity index (χ0) is 18.8. The Labute approximate surface area is 186 Å². The summed E-state index contributed by atoms with van der Waals surface area (Å²) in [7, 11) is -1.39. The Bertz CT molecular complexity index is 794. The third-order valence-electron chi connectivity index (χ3n) is 3.53. The molecule has 6 nitrogen and oxygen atoms in total. The topological polar surface area (TPSA) is 83.4 Å². The molecule has 2 aromatic rings. The fourth-order valence-electron chi connectivity index (χ4n) is 2.17. The number of rotatable bonds is 9. The van der Waals surface area contributed by atoms with Gasteiger partial charge < -0.3 is 10.6 Å². The highest BCUT2D eigenvalue weighted by Gasteiger charge is 2.06. The van der Waals surface area contributed by atoms with Gasteiger partial charge in [-0.3, -0.25) is 4.99 Å². The van der Waals surface area contributed by atoms with Crippen LogP contribution in [0.25, 0.3) is 0 Å². The molecular formula is C17H25IN4O2S3. The van der Waals surface area contributed by atoms with Crippen LogP contribution in [0.1, 0.15) is 12.0 Å². The van der Waals surface area contributed by atoms with E-state index in [4.69, 9.17) is 0 Å². The van der Waals surface area contributed by atoms with Gasteiger partial charge in [-0.1, -0.05) is 23.9 Å². The fourth-order valence-corrected chi connectivity index (χ4v) is 4.45. The van der Waals surface area contributed by atoms with Gasteiger partial charge in [-0.05, 0) is 30.5 Å². The van der Waals surface area contributed by atoms with E-state index in [1.54, 1.807) is 42.3 Å². The molecule has 0 aliphatic carbocycles. The zero-order valence-corrected chi connectivity index (χ0v) is 20.1. The number of thiazole rings is 1. The normalized spacial score (nSPS) is 11.7. The molecule has 0 spiro atoms. The minimum atomic E-state index is -3.14. The summed E-state index contributed by atoms with van der Waals surface area (Å²) >= 11 is 3.43. The molecule has 0 saturated heterocycles. The Kier molecular flexibility index (Phi) is 11.3. The number of nitrogens with one attached hydrogen (secondary N) is 2. The molecule has 0 saturated carbocycles. The minimum Gasteiger partial charge on any atom is -0.356 e. The highest BCUT2D eigenvalue weighted by molar-refractivity contribution is 14.0. The number of sulfone groups is 1. The summed E-state index contributed by atoms with van der Waals surface area (Å²) in [5.74, 6) is 1.79. The van der Waals surface area contributed by atoms with Gasteiger partial charge in [0.15, 0.2) is 15.8 Å². The molecule has 0 bridgehead atoms. The number of hydrogen-bond donors (Lipinski definition) is 2. The SMILES string of the molecule is CN=C(NCCCSc1nccs1)NCCc1ccc(S(C)(=O)=O)cc1.I. The smallest absolute Gasteiger partial charge is 0.190 e. The van der Waals surface area contributed by atoms with E-state index in [0.29, 0.717) is 4.90 Å². The predicted molar refractivity (Wildman–Crippen MR) is 125 cm³/mol. The number of halogens is 1. The lowest BCUT2D eigenvalue weighted by molar-refractivity contribution is 0.602. The monoisotopic (exact) mass is 540 g/mol. The first-order chi connectivity index (χ1) is 12.5. The summed E-state index contributed by atoms with van der Waals surface area (Å²) in [5.41, 5.74) is 1.08. The fraction of sp³-hybridized carbons (Fsp3) is 0.412. The molecule has 1 heterocycles. The maximum absolute atomic E-state index is 11.5. The average Bonchev–Trinajstić information content (AvgIpc) is 3.13. The van der Waals surface area contributed by atoms with Crippen molar-refractivity contribution >= 4 is 62.9 Å². The van der Waals surface area contributed by atoms with Gasteiger partial charge >= 0.3 is 0 Å². The van der Waals surface area contributed by atoms with Crippen molar-refractivity contribution in [2.75, 3.05) is 32.1 Å². The van der Waals surface area contributed by atoms with Gasteiger partial charge in [-0.15, -0.1) is 35.3 Å². The second kappa shape index (κ2) is 12.6. The highest BCUT2D eigenvalue weighted by Crippen LogP contribution is 2.20. The van der Waals surface area contributed by atoms with E-state index in [2.05, 4.69) is 20.6 Å². The van der Waals surface area contributed by atoms with Crippen molar-refractivity contribution in [3.8, 4) is 0 Å². The molecule has 0 amide bonds. The maximum atomic E-state index is 11.5. The van der Waals surface area contributed by atoms with Crippen LogP contribution in [0.4, 0.5) is 0 Å². The first-order valence-corrected chi connectivity index (χ1v) is 12.0. The molecule has 150 valence electrons. The van der Waals surface area contributed by atoms with Crippen LogP contribution in [0.15, 0.2) is 50.1 Å². The summed E-state index contributed by atoms with van der Waals surface area (Å²) in [6.45, 7) is 1.58. The van der Waals surface area contributed by atoms with E-state index >= 15 is 0 Å². The number of thioether (sulfide) groups is 1. The van der Waals surface area contributed by atoms with Gasteiger partial charge in [0.25, 0.3) is 0 Å². The van der Waals surface area contributed by atoms with E-state index in [9.17, 15) is 8.42 Å². The van der Waals surface area contributed by atoms with Gasteiger partial charge in [0, 0.05) is 43.7 Å². The largest absolute Gasteiger partial charge is 0.356 e. The Morgan fingerprint density at radius 1 is 1.22 bits per heavy atom. The average molecular weight is 541 g/mol. The molecule has 2 N–H and O–H groups in total. The van der Waals surface area contributed by atoms with Gasteiger partial charge in [0.05, 0.1) is 4.90 Å². The number of aliphatic imine (C=N–C) groups is 1. The van der Waals surface area contributed by atoms with E-state index in [0.717, 1.165) is 47.5 Å². The number of aromatic nitrogens is 1. The van der Waals surface area contributed by atoms with Crippen molar-refractivity contribution in [2.24, 2.45) is 4.99 Å². The van der Waals surface area contributed by atoms with Crippen LogP contribution >= 0.6 is 47.1 Å². The highest BCUT2D eigenvalue weighted by atomic mass is 127. The molecule has 0 aliphatic heterocycles. The third-order valence-corrected chi connectivity index (χ3v) is 6.71. The van der Waals surface area contributed by atoms with Crippen LogP contribution in [0.3, 0.4) is 0 Å². The lowest BCUT2D eigenvalue weighted by Gasteiger charge is -2.11. The summed E-state index contributed by atoms with van der Waals surface area (Å²) in [6, 6.07) is 7.00. The van der Waals surface area contributed by atoms with Crippen molar-refractivity contribution in [2.45, 2.75) is 22.1 Å². The van der Waals surface area contributed by atoms with E-state index < -0.39 is 9.84 Å². The molecule has 0 aliphatic rings. The molecule has 0 atom stereocenters. The van der Waals surface area contributed by atoms with Crippen LogP contribution in [-0.2, 0) is 16.3 Å². The quantitative estimate of drug-likeness (QED) is 0.167. The summed E-state index contributed by atoms with van der Waals surface area (Å²) in [6.07, 6.45) is 4.86. The van der Waals surface area contributed by atoms with Gasteiger partial charge in [-0.25, -0.2) is 13.4 Å². The molecule has 0 radical (unpaired) electrons. The number of nitrogens with zero attached hydrogens (tertiary/aromatic N) is 2. The summed E-state index contributed by atoms with van der Waals surface area (Å²) < 4.78 is 24.0. The van der Waals surface area contributed by atoms with Crippen molar-refractivity contribution in [3.05, 3.63) is 41.4 Å². The van der Waals surface area contributed by atoms with Gasteiger partial charge in [0.1, 0.15) is 4.34 Å². The molecule has 1 aromatic heterocycles. The first kappa shape index (κ1) is 24.2. The van der Waals surface area contributed by atoms with Crippen LogP contribution < -0.4 is 10.6 Å². The van der Waals surface area contributed by atoms with Crippen LogP contribution in [0.5, 0.6) is 0 Å². The van der Waals surface area contributed by atoms with Crippen LogP contribution in [-0.4, -0.2) is 51.5 Å². The Morgan fingerprint density at radius 3 is 2.52 bits per heavy atom. The van der Waals surface area contributed by atoms with Crippen molar-refractivity contribution < 1.29 is 8.42 Å². The number of hydrogen-bond acceptors (Lipinski definition) is 6. The van der Waals surface area contributed by atoms with Crippen molar-refractivity contribution in [1.82, 2.24) is 15.6 Å². The van der Waals surface area contributed by atoms with Crippen molar-refractivity contribution in [3.63, 3.8) is 0 Å². The first-order valence-electron chi connectivity index (χ1n) is 8.25. The Morgan fingerprint density at radius 2 is 1.93 bits per heavy atom. The predicted octanol–water partition coefficient (Wildman–Crippen LogP) is 3.05. The van der Waals surface area contributed by atoms with Crippen LogP contribution in [0.2, 0.25) is 0 Å². The zero-order valence-electron chi connectivity index (χ0n) is 15.3. The lowest BCUT2D eigenvalue weighted by Crippen LogP contribution is -2.38. The molecule has 27 heavy (non-hydrogen) atoms. The van der Waals surface area contributed by atoms with E-state index in [1.807, 2.05) is 23.7 Å². The number of guanidine groups is 1. The minimum absolute atomic E-state index is 0. The van der Waals surface area contributed by atoms with E-state index in [1.165, 1.54) is 6.26 Å². The summed E-state index contributed by atoms with van der Waals surface area (Å²) in [4.78, 5) is 8.81. The standard InChI is InChI=1S/C17H24N4O2S3.HI/c1-18-16(19-9-3-12-24-17-21-11-13-25-17)20-10-8-14-4-6-15(7-5-14)26(2,22)23;/h4-7,11,13H,3,8-10,12H2,1-2H3,(H2,18,19,20);1H. The maximum Gasteiger partial charge on any atom is 0.190 e. The molecule has 10 heteroatoms. The second-order valence-electron chi connectivity index (χ2n) is 5.59. The van der Waals surface area contributed by atoms with Gasteiger partial charge in [-0.2, -0.15) is 0 Å². The van der Waals surface area contributed by atoms with Crippen molar-refractivity contribution in [1.29, 1.82) is 0 Å². The third kappa shape index (κ3) is 9.26. The summed E-state index contributed by atoms with van der Waals surface area (Å²) in [5, 5.41) is 8.55. The molecule has 1 aromatic carbocycles. The van der Waals surface area contributed by atoms with Crippen LogP contribution in [0, 0.1) is 0 Å². The Balaban J connectivity index is 0.00000364. The lowest BCUT2D eigenvalue weighted by atomic mass is 10.1. The number of benzene rings is 1. The molecule has 0 unspecified atom stereocenters.